The van der Waals surface area contributed by atoms with Crippen LogP contribution in [0.25, 0.3) is 11.8 Å². The molecule has 0 spiro atoms. The van der Waals surface area contributed by atoms with Crippen molar-refractivity contribution in [2.75, 3.05) is 0 Å². The van der Waals surface area contributed by atoms with Crippen molar-refractivity contribution in [3.63, 3.8) is 0 Å². The molecule has 0 aliphatic rings. The van der Waals surface area contributed by atoms with E-state index in [9.17, 15) is 14.9 Å². The van der Waals surface area contributed by atoms with E-state index in [1.807, 2.05) is 13.8 Å². The van der Waals surface area contributed by atoms with Crippen LogP contribution in [0.3, 0.4) is 0 Å². The van der Waals surface area contributed by atoms with Gasteiger partial charge in [0.15, 0.2) is 5.43 Å². The van der Waals surface area contributed by atoms with Gasteiger partial charge < -0.3 is 4.42 Å². The van der Waals surface area contributed by atoms with Crippen LogP contribution in [0.4, 0.5) is 0 Å². The molecule has 0 radical (unpaired) electrons. The van der Waals surface area contributed by atoms with Crippen molar-refractivity contribution in [1.82, 2.24) is 0 Å². The average molecular weight is 276 g/mol. The summed E-state index contributed by atoms with van der Waals surface area (Å²) in [5.74, 6) is -0.274. The first-order chi connectivity index (χ1) is 9.54. The lowest BCUT2D eigenvalue weighted by Crippen LogP contribution is -2.40. The molecule has 6 nitrogen and oxygen atoms in total. The van der Waals surface area contributed by atoms with Crippen molar-refractivity contribution in [1.29, 1.82) is 5.26 Å². The molecule has 0 aliphatic heterocycles. The van der Waals surface area contributed by atoms with Gasteiger partial charge in [0.05, 0.1) is 10.1 Å². The molecule has 1 rings (SSSR count). The van der Waals surface area contributed by atoms with E-state index in [-0.39, 0.29) is 16.4 Å². The molecular weight excluding hydrogens is 260 g/mol. The Bertz CT molecular complexity index is 708. The Balaban J connectivity index is 0.00000172. The van der Waals surface area contributed by atoms with Gasteiger partial charge in [0.1, 0.15) is 6.07 Å². The van der Waals surface area contributed by atoms with Crippen LogP contribution < -0.4 is 16.1 Å². The summed E-state index contributed by atoms with van der Waals surface area (Å²) in [7, 11) is 0. The average Bonchev–Trinajstić information content (AvgIpc) is 2.44. The van der Waals surface area contributed by atoms with Crippen LogP contribution in [0.15, 0.2) is 27.9 Å². The van der Waals surface area contributed by atoms with Gasteiger partial charge in [0, 0.05) is 12.1 Å². The summed E-state index contributed by atoms with van der Waals surface area (Å²) in [5.41, 5.74) is -1.17. The summed E-state index contributed by atoms with van der Waals surface area (Å²) in [6.45, 7) is 9.09. The maximum absolute atomic E-state index is 11.7. The van der Waals surface area contributed by atoms with Crippen molar-refractivity contribution in [2.24, 2.45) is 0 Å². The first-order valence-corrected chi connectivity index (χ1v) is 6.10. The minimum Gasteiger partial charge on any atom is -0.438 e. The molecule has 0 fully saturated rings. The molecule has 0 saturated heterocycles. The van der Waals surface area contributed by atoms with Gasteiger partial charge in [-0.1, -0.05) is 33.4 Å². The quantitative estimate of drug-likeness (QED) is 0.612. The third kappa shape index (κ3) is 3.92. The largest absolute Gasteiger partial charge is 0.438 e. The van der Waals surface area contributed by atoms with Gasteiger partial charge in [-0.25, -0.2) is 0 Å². The van der Waals surface area contributed by atoms with Gasteiger partial charge in [-0.15, -0.1) is 0 Å². The highest BCUT2D eigenvalue weighted by Crippen LogP contribution is 1.94. The van der Waals surface area contributed by atoms with Gasteiger partial charge >= 0.3 is 5.70 Å². The van der Waals surface area contributed by atoms with E-state index in [0.717, 1.165) is 12.1 Å². The number of hydrogen-bond acceptors (Lipinski definition) is 5. The van der Waals surface area contributed by atoms with Crippen molar-refractivity contribution in [3.8, 4) is 6.07 Å². The zero-order chi connectivity index (χ0) is 15.7. The molecule has 20 heavy (non-hydrogen) atoms. The van der Waals surface area contributed by atoms with E-state index in [1.54, 1.807) is 13.0 Å². The summed E-state index contributed by atoms with van der Waals surface area (Å²) in [4.78, 5) is 21.9. The number of nitro groups is 1. The van der Waals surface area contributed by atoms with Gasteiger partial charge in [0.2, 0.25) is 11.2 Å². The molecule has 0 bridgehead atoms. The van der Waals surface area contributed by atoms with Crippen LogP contribution in [-0.2, 0) is 0 Å². The lowest BCUT2D eigenvalue weighted by molar-refractivity contribution is -0.376. The van der Waals surface area contributed by atoms with Gasteiger partial charge in [0.25, 0.3) is 0 Å². The third-order valence-corrected chi connectivity index (χ3v) is 2.13. The Labute approximate surface area is 116 Å². The molecule has 106 valence electrons. The molecule has 0 saturated carbocycles. The first-order valence-electron chi connectivity index (χ1n) is 6.10. The number of rotatable bonds is 3. The molecule has 6 heteroatoms. The third-order valence-electron chi connectivity index (χ3n) is 2.13. The smallest absolute Gasteiger partial charge is 0.311 e. The maximum Gasteiger partial charge on any atom is 0.311 e. The van der Waals surface area contributed by atoms with Crippen molar-refractivity contribution in [3.05, 3.63) is 55.5 Å². The predicted octanol–water partition coefficient (Wildman–Crippen LogP) is 1.30. The minimum absolute atomic E-state index is 0.0723. The molecule has 1 heterocycles. The maximum atomic E-state index is 11.7. The van der Waals surface area contributed by atoms with Crippen molar-refractivity contribution < 1.29 is 9.34 Å². The predicted molar refractivity (Wildman–Crippen MR) is 75.6 cm³/mol. The molecule has 0 atom stereocenters. The molecule has 0 unspecified atom stereocenters. The number of nitrogens with zero attached hydrogens (tertiary/aromatic N) is 2. The fourth-order valence-electron chi connectivity index (χ4n) is 1.40. The van der Waals surface area contributed by atoms with Crippen molar-refractivity contribution >= 4 is 11.8 Å². The van der Waals surface area contributed by atoms with E-state index >= 15 is 0 Å². The van der Waals surface area contributed by atoms with Crippen LogP contribution in [-0.4, -0.2) is 4.92 Å². The lowest BCUT2D eigenvalue weighted by Gasteiger charge is -1.94. The van der Waals surface area contributed by atoms with Crippen LogP contribution in [0.5, 0.6) is 0 Å². The second-order valence-corrected chi connectivity index (χ2v) is 3.29. The molecule has 0 aromatic carbocycles. The van der Waals surface area contributed by atoms with Gasteiger partial charge in [-0.3, -0.25) is 14.9 Å². The molecule has 0 N–H and O–H groups in total. The first kappa shape index (κ1) is 17.3. The Morgan fingerprint density at radius 1 is 1.60 bits per heavy atom. The van der Waals surface area contributed by atoms with Crippen LogP contribution in [0.1, 0.15) is 33.0 Å². The second kappa shape index (κ2) is 8.43. The standard InChI is InChI=1S/C12H10N2O4.C2H6/c1-3-5-9-11(15)6-8(7-13)18-12(9)10(4-2)14(16)17;1-2/h4-6H,2-3H2,1H3;1-2H3/b9-5-,12-10-;. The van der Waals surface area contributed by atoms with Gasteiger partial charge in [-0.05, 0) is 6.42 Å². The number of hydrogen-bond donors (Lipinski definition) is 0. The number of nitriles is 1. The Kier molecular flexibility index (Phi) is 7.30. The Morgan fingerprint density at radius 3 is 2.60 bits per heavy atom. The summed E-state index contributed by atoms with van der Waals surface area (Å²) in [6, 6.07) is 2.65. The van der Waals surface area contributed by atoms with Crippen LogP contribution in [0, 0.1) is 21.4 Å². The summed E-state index contributed by atoms with van der Waals surface area (Å²) < 4.78 is 5.06. The zero-order valence-electron chi connectivity index (χ0n) is 11.7. The molecule has 1 aromatic rings. The fraction of sp³-hybridized carbons (Fsp3) is 0.286. The highest BCUT2D eigenvalue weighted by atomic mass is 16.6. The zero-order valence-corrected chi connectivity index (χ0v) is 11.7. The molecule has 1 aromatic heterocycles. The summed E-state index contributed by atoms with van der Waals surface area (Å²) >= 11 is 0. The molecular formula is C14H16N2O4. The fourth-order valence-corrected chi connectivity index (χ4v) is 1.40. The van der Waals surface area contributed by atoms with Crippen LogP contribution >= 0.6 is 0 Å². The van der Waals surface area contributed by atoms with E-state index in [1.165, 1.54) is 6.08 Å². The van der Waals surface area contributed by atoms with Crippen molar-refractivity contribution in [2.45, 2.75) is 27.2 Å². The summed E-state index contributed by atoms with van der Waals surface area (Å²) in [6.07, 6.45) is 2.99. The lowest BCUT2D eigenvalue weighted by atomic mass is 10.2. The second-order valence-electron chi connectivity index (χ2n) is 3.29. The Morgan fingerprint density at radius 2 is 2.20 bits per heavy atom. The normalized spacial score (nSPS) is 11.8. The van der Waals surface area contributed by atoms with E-state index < -0.39 is 16.0 Å². The van der Waals surface area contributed by atoms with E-state index in [4.69, 9.17) is 9.68 Å². The van der Waals surface area contributed by atoms with E-state index in [2.05, 4.69) is 6.58 Å². The van der Waals surface area contributed by atoms with E-state index in [0.29, 0.717) is 6.42 Å². The van der Waals surface area contributed by atoms with Gasteiger partial charge in [-0.2, -0.15) is 5.26 Å². The summed E-state index contributed by atoms with van der Waals surface area (Å²) in [5, 5.41) is 19.6. The topological polar surface area (TPSA) is 97.1 Å². The minimum atomic E-state index is -0.709. The van der Waals surface area contributed by atoms with Crippen LogP contribution in [0.2, 0.25) is 0 Å². The highest BCUT2D eigenvalue weighted by molar-refractivity contribution is 5.45. The molecule has 0 amide bonds. The molecule has 0 aliphatic carbocycles. The Hall–Kier alpha value is -2.68. The highest BCUT2D eigenvalue weighted by Gasteiger charge is 2.12. The SMILES string of the molecule is C=C/C(=c1/oc(C#N)cc(=O)/c1=C/CC)[N+](=O)[O-].CC. The monoisotopic (exact) mass is 276 g/mol.